The summed E-state index contributed by atoms with van der Waals surface area (Å²) in [6.07, 6.45) is 3.65. The van der Waals surface area contributed by atoms with Gasteiger partial charge in [-0.3, -0.25) is 0 Å². The molecule has 6 nitrogen and oxygen atoms in total. The SMILES string of the molecule is Nc1cc(F)c(Br)cc1S(=O)(=O)NCCc1ncc[nH]1. The lowest BCUT2D eigenvalue weighted by atomic mass is 10.3. The van der Waals surface area contributed by atoms with E-state index in [1.165, 1.54) is 0 Å². The van der Waals surface area contributed by atoms with Gasteiger partial charge in [0.1, 0.15) is 16.5 Å². The molecular weight excluding hydrogens is 351 g/mol. The molecule has 0 radical (unpaired) electrons. The van der Waals surface area contributed by atoms with Gasteiger partial charge in [0.25, 0.3) is 0 Å². The Hall–Kier alpha value is -1.45. The highest BCUT2D eigenvalue weighted by Gasteiger charge is 2.19. The van der Waals surface area contributed by atoms with E-state index in [-0.39, 0.29) is 21.6 Å². The van der Waals surface area contributed by atoms with Gasteiger partial charge in [0.2, 0.25) is 10.0 Å². The van der Waals surface area contributed by atoms with Gasteiger partial charge in [0, 0.05) is 25.4 Å². The molecule has 4 N–H and O–H groups in total. The van der Waals surface area contributed by atoms with Gasteiger partial charge in [-0.2, -0.15) is 0 Å². The molecule has 0 atom stereocenters. The molecule has 20 heavy (non-hydrogen) atoms. The number of anilines is 1. The zero-order valence-corrected chi connectivity index (χ0v) is 12.6. The molecule has 0 aliphatic carbocycles. The molecule has 1 heterocycles. The smallest absolute Gasteiger partial charge is 0.242 e. The topological polar surface area (TPSA) is 101 Å². The quantitative estimate of drug-likeness (QED) is 0.700. The van der Waals surface area contributed by atoms with Crippen LogP contribution in [0.15, 0.2) is 33.9 Å². The monoisotopic (exact) mass is 362 g/mol. The second-order valence-corrected chi connectivity index (χ2v) is 6.58. The Morgan fingerprint density at radius 2 is 2.20 bits per heavy atom. The molecule has 0 fully saturated rings. The van der Waals surface area contributed by atoms with E-state index < -0.39 is 15.8 Å². The first kappa shape index (κ1) is 14.9. The first-order chi connectivity index (χ1) is 9.40. The first-order valence-electron chi connectivity index (χ1n) is 5.62. The van der Waals surface area contributed by atoms with Crippen LogP contribution in [0.2, 0.25) is 0 Å². The van der Waals surface area contributed by atoms with Crippen LogP contribution in [0.3, 0.4) is 0 Å². The fourth-order valence-electron chi connectivity index (χ4n) is 1.59. The van der Waals surface area contributed by atoms with Crippen LogP contribution in [-0.4, -0.2) is 24.9 Å². The van der Waals surface area contributed by atoms with Gasteiger partial charge in [0.05, 0.1) is 10.2 Å². The van der Waals surface area contributed by atoms with E-state index in [9.17, 15) is 12.8 Å². The minimum absolute atomic E-state index is 0.0399. The normalized spacial score (nSPS) is 11.7. The van der Waals surface area contributed by atoms with Gasteiger partial charge >= 0.3 is 0 Å². The summed E-state index contributed by atoms with van der Waals surface area (Å²) in [6.45, 7) is 0.157. The Morgan fingerprint density at radius 3 is 2.85 bits per heavy atom. The summed E-state index contributed by atoms with van der Waals surface area (Å²) in [4.78, 5) is 6.68. The van der Waals surface area contributed by atoms with Crippen molar-refractivity contribution in [2.45, 2.75) is 11.3 Å². The third-order valence-corrected chi connectivity index (χ3v) is 4.68. The molecule has 2 aromatic rings. The molecule has 0 saturated carbocycles. The van der Waals surface area contributed by atoms with E-state index in [0.717, 1.165) is 12.1 Å². The molecule has 1 aromatic heterocycles. The molecular formula is C11H12BrFN4O2S. The van der Waals surface area contributed by atoms with Crippen molar-refractivity contribution in [2.75, 3.05) is 12.3 Å². The van der Waals surface area contributed by atoms with Crippen molar-refractivity contribution >= 4 is 31.6 Å². The lowest BCUT2D eigenvalue weighted by Gasteiger charge is -2.09. The highest BCUT2D eigenvalue weighted by molar-refractivity contribution is 9.10. The van der Waals surface area contributed by atoms with Crippen molar-refractivity contribution in [3.63, 3.8) is 0 Å². The number of rotatable bonds is 5. The van der Waals surface area contributed by atoms with Gasteiger partial charge in [0.15, 0.2) is 0 Å². The van der Waals surface area contributed by atoms with Crippen LogP contribution < -0.4 is 10.5 Å². The van der Waals surface area contributed by atoms with Crippen LogP contribution in [-0.2, 0) is 16.4 Å². The molecule has 0 bridgehead atoms. The lowest BCUT2D eigenvalue weighted by molar-refractivity contribution is 0.580. The first-order valence-corrected chi connectivity index (χ1v) is 7.90. The Bertz CT molecular complexity index is 703. The van der Waals surface area contributed by atoms with Crippen molar-refractivity contribution < 1.29 is 12.8 Å². The zero-order chi connectivity index (χ0) is 14.8. The van der Waals surface area contributed by atoms with Gasteiger partial charge < -0.3 is 10.7 Å². The van der Waals surface area contributed by atoms with Crippen molar-refractivity contribution in [3.8, 4) is 0 Å². The number of nitrogens with zero attached hydrogens (tertiary/aromatic N) is 1. The van der Waals surface area contributed by atoms with E-state index in [1.54, 1.807) is 12.4 Å². The number of H-pyrrole nitrogens is 1. The van der Waals surface area contributed by atoms with Crippen LogP contribution in [0.1, 0.15) is 5.82 Å². The standard InChI is InChI=1S/C11H12BrFN4O2S/c12-7-5-10(9(14)6-8(7)13)20(18,19)17-2-1-11-15-3-4-16-11/h3-6,17H,1-2,14H2,(H,15,16). The number of nitrogens with two attached hydrogens (primary N) is 1. The van der Waals surface area contributed by atoms with Crippen molar-refractivity contribution in [1.29, 1.82) is 0 Å². The fourth-order valence-corrected chi connectivity index (χ4v) is 3.26. The predicted octanol–water partition coefficient (Wildman–Crippen LogP) is 1.41. The van der Waals surface area contributed by atoms with Gasteiger partial charge in [-0.15, -0.1) is 0 Å². The summed E-state index contributed by atoms with van der Waals surface area (Å²) in [5, 5.41) is 0. The second kappa shape index (κ2) is 5.90. The molecule has 0 unspecified atom stereocenters. The number of halogens is 2. The van der Waals surface area contributed by atoms with Gasteiger partial charge in [-0.25, -0.2) is 22.5 Å². The summed E-state index contributed by atoms with van der Waals surface area (Å²) >= 11 is 2.93. The second-order valence-electron chi connectivity index (χ2n) is 3.99. The van der Waals surface area contributed by atoms with Crippen molar-refractivity contribution in [3.05, 3.63) is 40.6 Å². The average Bonchev–Trinajstić information content (AvgIpc) is 2.86. The maximum atomic E-state index is 13.2. The summed E-state index contributed by atoms with van der Waals surface area (Å²) in [6, 6.07) is 2.10. The zero-order valence-electron chi connectivity index (χ0n) is 10.2. The van der Waals surface area contributed by atoms with Crippen molar-refractivity contribution in [1.82, 2.24) is 14.7 Å². The number of hydrogen-bond acceptors (Lipinski definition) is 4. The van der Waals surface area contributed by atoms with Crippen LogP contribution in [0.25, 0.3) is 0 Å². The summed E-state index contributed by atoms with van der Waals surface area (Å²) in [5.41, 5.74) is 5.40. The molecule has 0 aliphatic heterocycles. The molecule has 0 aliphatic rings. The van der Waals surface area contributed by atoms with E-state index in [4.69, 9.17) is 5.73 Å². The molecule has 0 amide bonds. The minimum Gasteiger partial charge on any atom is -0.398 e. The molecule has 0 saturated heterocycles. The number of hydrogen-bond donors (Lipinski definition) is 3. The largest absolute Gasteiger partial charge is 0.398 e. The van der Waals surface area contributed by atoms with Crippen LogP contribution >= 0.6 is 15.9 Å². The maximum absolute atomic E-state index is 13.2. The van der Waals surface area contributed by atoms with Crippen LogP contribution in [0, 0.1) is 5.82 Å². The summed E-state index contributed by atoms with van der Waals surface area (Å²) in [5.74, 6) is 0.0537. The molecule has 9 heteroatoms. The number of sulfonamides is 1. The molecule has 108 valence electrons. The number of nitrogen functional groups attached to an aromatic ring is 1. The van der Waals surface area contributed by atoms with Crippen molar-refractivity contribution in [2.24, 2.45) is 0 Å². The number of aromatic amines is 1. The Balaban J connectivity index is 2.12. The summed E-state index contributed by atoms with van der Waals surface area (Å²) < 4.78 is 39.8. The molecule has 1 aromatic carbocycles. The average molecular weight is 363 g/mol. The lowest BCUT2D eigenvalue weighted by Crippen LogP contribution is -2.27. The van der Waals surface area contributed by atoms with Gasteiger partial charge in [-0.1, -0.05) is 0 Å². The predicted molar refractivity (Wildman–Crippen MR) is 76.0 cm³/mol. The fraction of sp³-hybridized carbons (Fsp3) is 0.182. The highest BCUT2D eigenvalue weighted by atomic mass is 79.9. The number of nitrogens with one attached hydrogen (secondary N) is 2. The third kappa shape index (κ3) is 3.35. The number of benzene rings is 1. The Kier molecular flexibility index (Phi) is 4.41. The van der Waals surface area contributed by atoms with E-state index in [0.29, 0.717) is 12.2 Å². The van der Waals surface area contributed by atoms with Gasteiger partial charge in [-0.05, 0) is 28.1 Å². The highest BCUT2D eigenvalue weighted by Crippen LogP contribution is 2.25. The molecule has 2 rings (SSSR count). The Labute approximate surface area is 123 Å². The van der Waals surface area contributed by atoms with Crippen LogP contribution in [0.4, 0.5) is 10.1 Å². The minimum atomic E-state index is -3.80. The summed E-state index contributed by atoms with van der Waals surface area (Å²) in [7, 11) is -3.80. The third-order valence-electron chi connectivity index (χ3n) is 2.55. The van der Waals surface area contributed by atoms with E-state index in [1.807, 2.05) is 0 Å². The van der Waals surface area contributed by atoms with E-state index in [2.05, 4.69) is 30.6 Å². The number of aromatic nitrogens is 2. The number of imidazole rings is 1. The van der Waals surface area contributed by atoms with E-state index >= 15 is 0 Å². The Morgan fingerprint density at radius 1 is 1.45 bits per heavy atom. The maximum Gasteiger partial charge on any atom is 0.242 e. The van der Waals surface area contributed by atoms with Crippen LogP contribution in [0.5, 0.6) is 0 Å². The molecule has 0 spiro atoms.